The lowest BCUT2D eigenvalue weighted by molar-refractivity contribution is 0.0532. The fourth-order valence-corrected chi connectivity index (χ4v) is 6.83. The van der Waals surface area contributed by atoms with Crippen LogP contribution in [0.2, 0.25) is 0 Å². The molecule has 1 unspecified atom stereocenters. The molecule has 0 spiro atoms. The van der Waals surface area contributed by atoms with Crippen LogP contribution in [-0.4, -0.2) is 59.6 Å². The number of hydrogen-bond donors (Lipinski definition) is 1. The van der Waals surface area contributed by atoms with E-state index in [1.54, 1.807) is 84.1 Å². The second kappa shape index (κ2) is 15.4. The minimum Gasteiger partial charge on any atom is -0.489 e. The topological polar surface area (TPSA) is 136 Å². The molecule has 3 aromatic heterocycles. The highest BCUT2D eigenvalue weighted by atomic mass is 127. The van der Waals surface area contributed by atoms with E-state index in [2.05, 4.69) is 4.98 Å². The molecular weight excluding hydrogens is 803 g/mol. The van der Waals surface area contributed by atoms with Gasteiger partial charge in [-0.1, -0.05) is 48.5 Å². The van der Waals surface area contributed by atoms with Crippen molar-refractivity contribution in [3.8, 4) is 5.75 Å². The summed E-state index contributed by atoms with van der Waals surface area (Å²) < 4.78 is 27.8. The number of aliphatic hydroxyl groups excluding tert-OH is 1. The highest BCUT2D eigenvalue weighted by Gasteiger charge is 2.32. The minimum atomic E-state index is -1.33. The summed E-state index contributed by atoms with van der Waals surface area (Å²) in [5.41, 5.74) is 1.27. The van der Waals surface area contributed by atoms with Gasteiger partial charge in [-0.15, -0.1) is 0 Å². The first-order valence-corrected chi connectivity index (χ1v) is 18.6. The molecule has 0 saturated heterocycles. The first-order chi connectivity index (χ1) is 25.6. The molecule has 0 aliphatic heterocycles. The number of ether oxygens (including phenoxy) is 4. The SMILES string of the molecule is CCOCn1c(C(=O)c2cn(C(=O)OC(C)(C)C)c3cc(OCc4ccccc4)ccc23)nc(I)c1C(O)c1cn(C(=O)OC(C)(C)C)c2ccccc12. The van der Waals surface area contributed by atoms with Gasteiger partial charge in [-0.05, 0) is 94.8 Å². The van der Waals surface area contributed by atoms with Crippen LogP contribution in [-0.2, 0) is 27.5 Å². The molecule has 12 nitrogen and oxygen atoms in total. The Morgan fingerprint density at radius 2 is 1.44 bits per heavy atom. The summed E-state index contributed by atoms with van der Waals surface area (Å²) >= 11 is 1.99. The second-order valence-electron chi connectivity index (χ2n) is 14.7. The van der Waals surface area contributed by atoms with Gasteiger partial charge in [0.2, 0.25) is 5.78 Å². The summed E-state index contributed by atoms with van der Waals surface area (Å²) in [4.78, 5) is 46.1. The molecular formula is C41H43IN4O8. The number of carbonyl (C=O) groups excluding carboxylic acids is 3. The number of nitrogens with zero attached hydrogens (tertiary/aromatic N) is 4. The summed E-state index contributed by atoms with van der Waals surface area (Å²) in [5.74, 6) is -0.0189. The number of benzene rings is 3. The number of fused-ring (bicyclic) bond motifs is 2. The lowest BCUT2D eigenvalue weighted by Gasteiger charge is -2.19. The summed E-state index contributed by atoms with van der Waals surface area (Å²) in [6, 6.07) is 22.0. The summed E-state index contributed by atoms with van der Waals surface area (Å²) in [5, 5.41) is 13.2. The molecule has 0 radical (unpaired) electrons. The molecule has 6 rings (SSSR count). The largest absolute Gasteiger partial charge is 0.489 e. The zero-order chi connectivity index (χ0) is 38.9. The van der Waals surface area contributed by atoms with Crippen LogP contribution in [0.15, 0.2) is 85.2 Å². The van der Waals surface area contributed by atoms with Crippen molar-refractivity contribution in [1.82, 2.24) is 18.7 Å². The third kappa shape index (κ3) is 8.22. The van der Waals surface area contributed by atoms with Gasteiger partial charge in [0.25, 0.3) is 0 Å². The molecule has 0 aliphatic carbocycles. The third-order valence-electron chi connectivity index (χ3n) is 8.34. The van der Waals surface area contributed by atoms with Crippen molar-refractivity contribution in [3.63, 3.8) is 0 Å². The normalized spacial score (nSPS) is 12.6. The molecule has 1 N–H and O–H groups in total. The van der Waals surface area contributed by atoms with E-state index in [9.17, 15) is 19.5 Å². The van der Waals surface area contributed by atoms with E-state index in [0.29, 0.717) is 55.7 Å². The molecule has 54 heavy (non-hydrogen) atoms. The summed E-state index contributed by atoms with van der Waals surface area (Å²) in [7, 11) is 0. The van der Waals surface area contributed by atoms with Gasteiger partial charge in [0.1, 0.15) is 40.1 Å². The zero-order valence-corrected chi connectivity index (χ0v) is 33.4. The molecule has 0 amide bonds. The molecule has 1 atom stereocenters. The maximum Gasteiger partial charge on any atom is 0.419 e. The number of para-hydroxylation sites is 1. The van der Waals surface area contributed by atoms with Crippen molar-refractivity contribution in [2.75, 3.05) is 6.61 Å². The van der Waals surface area contributed by atoms with Crippen molar-refractivity contribution >= 4 is 62.4 Å². The number of imidazole rings is 1. The quantitative estimate of drug-likeness (QED) is 0.106. The molecule has 0 fully saturated rings. The Bertz CT molecular complexity index is 2340. The van der Waals surface area contributed by atoms with Crippen LogP contribution in [0, 0.1) is 3.70 Å². The van der Waals surface area contributed by atoms with E-state index in [4.69, 9.17) is 18.9 Å². The van der Waals surface area contributed by atoms with E-state index in [0.717, 1.165) is 5.56 Å². The van der Waals surface area contributed by atoms with Crippen molar-refractivity contribution < 1.29 is 38.4 Å². The van der Waals surface area contributed by atoms with Crippen molar-refractivity contribution in [2.24, 2.45) is 0 Å². The molecule has 0 saturated carbocycles. The smallest absolute Gasteiger partial charge is 0.419 e. The fourth-order valence-electron chi connectivity index (χ4n) is 6.02. The molecule has 0 aliphatic rings. The van der Waals surface area contributed by atoms with Crippen LogP contribution in [0.5, 0.6) is 5.75 Å². The Morgan fingerprint density at radius 3 is 2.09 bits per heavy atom. The molecule has 3 heterocycles. The van der Waals surface area contributed by atoms with Crippen molar-refractivity contribution in [1.29, 1.82) is 0 Å². The van der Waals surface area contributed by atoms with Gasteiger partial charge in [0.05, 0.1) is 22.3 Å². The van der Waals surface area contributed by atoms with Gasteiger partial charge >= 0.3 is 12.2 Å². The average molecular weight is 847 g/mol. The van der Waals surface area contributed by atoms with Crippen LogP contribution < -0.4 is 4.74 Å². The Hall–Kier alpha value is -4.99. The highest BCUT2D eigenvalue weighted by Crippen LogP contribution is 2.35. The van der Waals surface area contributed by atoms with Crippen LogP contribution in [0.1, 0.15) is 87.6 Å². The average Bonchev–Trinajstić information content (AvgIpc) is 3.79. The van der Waals surface area contributed by atoms with Gasteiger partial charge in [0, 0.05) is 41.4 Å². The molecule has 3 aromatic carbocycles. The number of aromatic nitrogens is 4. The maximum atomic E-state index is 14.6. The van der Waals surface area contributed by atoms with E-state index < -0.39 is 35.3 Å². The van der Waals surface area contributed by atoms with Crippen LogP contribution in [0.3, 0.4) is 0 Å². The first kappa shape index (κ1) is 38.7. The highest BCUT2D eigenvalue weighted by molar-refractivity contribution is 14.1. The molecule has 6 aromatic rings. The zero-order valence-electron chi connectivity index (χ0n) is 31.3. The van der Waals surface area contributed by atoms with Gasteiger partial charge < -0.3 is 24.1 Å². The molecule has 13 heteroatoms. The lowest BCUT2D eigenvalue weighted by Crippen LogP contribution is -2.26. The number of halogens is 1. The second-order valence-corrected chi connectivity index (χ2v) is 15.7. The number of aliphatic hydroxyl groups is 1. The van der Waals surface area contributed by atoms with Crippen LogP contribution >= 0.6 is 22.6 Å². The van der Waals surface area contributed by atoms with E-state index >= 15 is 0 Å². The third-order valence-corrected chi connectivity index (χ3v) is 9.13. The predicted octanol–water partition coefficient (Wildman–Crippen LogP) is 8.85. The van der Waals surface area contributed by atoms with Gasteiger partial charge in [-0.3, -0.25) is 18.5 Å². The minimum absolute atomic E-state index is 0.00887. The number of hydrogen-bond acceptors (Lipinski definition) is 9. The molecule has 282 valence electrons. The summed E-state index contributed by atoms with van der Waals surface area (Å²) in [6.07, 6.45) is 0.397. The standard InChI is InChI=1S/C41H43IN4O8/c1-8-51-24-46-33(34(47)29-21-44(38(49)53-40(2,3)4)31-17-13-12-16-27(29)31)36(42)43-37(46)35(48)30-22-45(39(50)54-41(5,6)7)32-20-26(18-19-28(30)32)52-23-25-14-10-9-11-15-25/h9-22,34,47H,8,23-24H2,1-7H3. The van der Waals surface area contributed by atoms with E-state index in [1.165, 1.54) is 19.9 Å². The van der Waals surface area contributed by atoms with Gasteiger partial charge in [0.15, 0.2) is 5.82 Å². The number of rotatable bonds is 10. The molecule has 0 bridgehead atoms. The van der Waals surface area contributed by atoms with Crippen LogP contribution in [0.25, 0.3) is 21.8 Å². The Balaban J connectivity index is 1.44. The van der Waals surface area contributed by atoms with Crippen LogP contribution in [0.4, 0.5) is 9.59 Å². The Morgan fingerprint density at radius 1 is 0.815 bits per heavy atom. The van der Waals surface area contributed by atoms with Gasteiger partial charge in [-0.25, -0.2) is 14.6 Å². The number of carbonyl (C=O) groups is 3. The maximum absolute atomic E-state index is 14.6. The first-order valence-electron chi connectivity index (χ1n) is 17.5. The van der Waals surface area contributed by atoms with E-state index in [-0.39, 0.29) is 18.1 Å². The van der Waals surface area contributed by atoms with E-state index in [1.807, 2.05) is 65.9 Å². The monoisotopic (exact) mass is 846 g/mol. The van der Waals surface area contributed by atoms with Crippen molar-refractivity contribution in [2.45, 2.75) is 79.1 Å². The van der Waals surface area contributed by atoms with Gasteiger partial charge in [-0.2, -0.15) is 0 Å². The summed E-state index contributed by atoms with van der Waals surface area (Å²) in [6.45, 7) is 13.0. The fraction of sp³-hybridized carbons (Fsp3) is 0.317. The Labute approximate surface area is 326 Å². The van der Waals surface area contributed by atoms with Crippen molar-refractivity contribution in [3.05, 3.63) is 117 Å². The number of ketones is 1. The predicted molar refractivity (Wildman–Crippen MR) is 212 cm³/mol. The Kier molecular flexibility index (Phi) is 11.0. The lowest BCUT2D eigenvalue weighted by atomic mass is 10.1.